The summed E-state index contributed by atoms with van der Waals surface area (Å²) in [7, 11) is -1.30. The van der Waals surface area contributed by atoms with Gasteiger partial charge in [0.25, 0.3) is 10.0 Å². The van der Waals surface area contributed by atoms with E-state index in [0.717, 1.165) is 12.8 Å². The van der Waals surface area contributed by atoms with Crippen LogP contribution in [-0.2, 0) is 10.0 Å². The zero-order chi connectivity index (χ0) is 11.6. The zero-order valence-corrected chi connectivity index (χ0v) is 12.1. The second-order valence-electron chi connectivity index (χ2n) is 3.90. The van der Waals surface area contributed by atoms with Crippen LogP contribution in [0.2, 0.25) is 0 Å². The molecule has 1 aliphatic rings. The van der Waals surface area contributed by atoms with Crippen molar-refractivity contribution in [2.75, 3.05) is 20.1 Å². The van der Waals surface area contributed by atoms with E-state index in [-0.39, 0.29) is 12.4 Å². The van der Waals surface area contributed by atoms with E-state index in [1.807, 2.05) is 7.05 Å². The van der Waals surface area contributed by atoms with Gasteiger partial charge in [0.05, 0.1) is 0 Å². The lowest BCUT2D eigenvalue weighted by atomic mass is 10.1. The molecule has 98 valence electrons. The SMILES string of the molecule is CNC1CCN(S(=O)(=O)c2cccs2)CC1.Cl. The lowest BCUT2D eigenvalue weighted by Gasteiger charge is -2.30. The number of halogens is 1. The van der Waals surface area contributed by atoms with Crippen LogP contribution in [0, 0.1) is 0 Å². The highest BCUT2D eigenvalue weighted by atomic mass is 35.5. The molecule has 1 aliphatic heterocycles. The minimum absolute atomic E-state index is 0. The molecule has 2 heterocycles. The molecule has 7 heteroatoms. The topological polar surface area (TPSA) is 49.4 Å². The van der Waals surface area contributed by atoms with Crippen molar-refractivity contribution < 1.29 is 8.42 Å². The van der Waals surface area contributed by atoms with Gasteiger partial charge in [-0.3, -0.25) is 0 Å². The second-order valence-corrected chi connectivity index (χ2v) is 7.01. The monoisotopic (exact) mass is 296 g/mol. The molecule has 0 aromatic carbocycles. The molecule has 2 rings (SSSR count). The van der Waals surface area contributed by atoms with Crippen molar-refractivity contribution in [3.63, 3.8) is 0 Å². The standard InChI is InChI=1S/C10H16N2O2S2.ClH/c1-11-9-4-6-12(7-5-9)16(13,14)10-3-2-8-15-10;/h2-3,8-9,11H,4-7H2,1H3;1H. The van der Waals surface area contributed by atoms with E-state index in [0.29, 0.717) is 23.3 Å². The summed E-state index contributed by atoms with van der Waals surface area (Å²) in [5.41, 5.74) is 0. The van der Waals surface area contributed by atoms with Gasteiger partial charge in [-0.2, -0.15) is 4.31 Å². The number of hydrogen-bond acceptors (Lipinski definition) is 4. The number of hydrogen-bond donors (Lipinski definition) is 1. The average Bonchev–Trinajstić information content (AvgIpc) is 2.83. The highest BCUT2D eigenvalue weighted by Gasteiger charge is 2.29. The molecule has 0 radical (unpaired) electrons. The quantitative estimate of drug-likeness (QED) is 0.920. The first kappa shape index (κ1) is 14.9. The molecular weight excluding hydrogens is 280 g/mol. The molecule has 0 atom stereocenters. The van der Waals surface area contributed by atoms with Gasteiger partial charge < -0.3 is 5.32 Å². The number of rotatable bonds is 3. The predicted octanol–water partition coefficient (Wildman–Crippen LogP) is 1.54. The van der Waals surface area contributed by atoms with Gasteiger partial charge in [0.15, 0.2) is 0 Å². The molecule has 1 fully saturated rings. The maximum Gasteiger partial charge on any atom is 0.252 e. The lowest BCUT2D eigenvalue weighted by Crippen LogP contribution is -2.43. The molecule has 0 bridgehead atoms. The minimum atomic E-state index is -3.23. The number of thiophene rings is 1. The van der Waals surface area contributed by atoms with E-state index in [2.05, 4.69) is 5.32 Å². The third-order valence-corrected chi connectivity index (χ3v) is 6.22. The fourth-order valence-electron chi connectivity index (χ4n) is 1.92. The Morgan fingerprint density at radius 1 is 1.41 bits per heavy atom. The number of sulfonamides is 1. The Bertz CT molecular complexity index is 425. The molecule has 17 heavy (non-hydrogen) atoms. The van der Waals surface area contributed by atoms with Crippen LogP contribution in [0.3, 0.4) is 0 Å². The summed E-state index contributed by atoms with van der Waals surface area (Å²) in [5.74, 6) is 0. The molecule has 0 unspecified atom stereocenters. The molecular formula is C10H17ClN2O2S2. The highest BCUT2D eigenvalue weighted by molar-refractivity contribution is 7.91. The first-order valence-corrected chi connectivity index (χ1v) is 7.67. The van der Waals surface area contributed by atoms with E-state index >= 15 is 0 Å². The Kier molecular flexibility index (Phi) is 5.40. The second kappa shape index (κ2) is 6.15. The molecule has 1 aromatic heterocycles. The summed E-state index contributed by atoms with van der Waals surface area (Å²) in [6.45, 7) is 1.23. The molecule has 0 aliphatic carbocycles. The summed E-state index contributed by atoms with van der Waals surface area (Å²) in [6.07, 6.45) is 1.78. The first-order valence-electron chi connectivity index (χ1n) is 5.35. The van der Waals surface area contributed by atoms with Gasteiger partial charge in [-0.05, 0) is 31.3 Å². The Labute approximate surface area is 112 Å². The largest absolute Gasteiger partial charge is 0.317 e. The van der Waals surface area contributed by atoms with Crippen LogP contribution in [0.1, 0.15) is 12.8 Å². The van der Waals surface area contributed by atoms with Gasteiger partial charge in [-0.15, -0.1) is 23.7 Å². The van der Waals surface area contributed by atoms with E-state index < -0.39 is 10.0 Å². The fraction of sp³-hybridized carbons (Fsp3) is 0.600. The van der Waals surface area contributed by atoms with Crippen LogP contribution in [0.4, 0.5) is 0 Å². The summed E-state index contributed by atoms with van der Waals surface area (Å²) in [4.78, 5) is 0. The van der Waals surface area contributed by atoms with Crippen molar-refractivity contribution in [2.24, 2.45) is 0 Å². The molecule has 1 aromatic rings. The van der Waals surface area contributed by atoms with Crippen LogP contribution in [0.25, 0.3) is 0 Å². The van der Waals surface area contributed by atoms with Crippen molar-refractivity contribution in [2.45, 2.75) is 23.1 Å². The molecule has 0 amide bonds. The van der Waals surface area contributed by atoms with E-state index in [9.17, 15) is 8.42 Å². The van der Waals surface area contributed by atoms with Gasteiger partial charge in [0.2, 0.25) is 0 Å². The third kappa shape index (κ3) is 3.20. The summed E-state index contributed by atoms with van der Waals surface area (Å²) >= 11 is 1.28. The van der Waals surface area contributed by atoms with Crippen LogP contribution in [0.5, 0.6) is 0 Å². The third-order valence-electron chi connectivity index (χ3n) is 2.95. The predicted molar refractivity (Wildman–Crippen MR) is 72.4 cm³/mol. The van der Waals surface area contributed by atoms with Crippen molar-refractivity contribution in [1.29, 1.82) is 0 Å². The van der Waals surface area contributed by atoms with E-state index in [1.54, 1.807) is 21.8 Å². The van der Waals surface area contributed by atoms with Gasteiger partial charge in [0, 0.05) is 19.1 Å². The molecule has 1 N–H and O–H groups in total. The van der Waals surface area contributed by atoms with Gasteiger partial charge >= 0.3 is 0 Å². The summed E-state index contributed by atoms with van der Waals surface area (Å²) < 4.78 is 26.4. The summed E-state index contributed by atoms with van der Waals surface area (Å²) in [5, 5.41) is 4.99. The van der Waals surface area contributed by atoms with E-state index in [1.165, 1.54) is 11.3 Å². The maximum absolute atomic E-state index is 12.2. The molecule has 0 spiro atoms. The van der Waals surface area contributed by atoms with Crippen molar-refractivity contribution in [3.8, 4) is 0 Å². The molecule has 1 saturated heterocycles. The van der Waals surface area contributed by atoms with Crippen molar-refractivity contribution in [1.82, 2.24) is 9.62 Å². The van der Waals surface area contributed by atoms with Crippen LogP contribution in [0.15, 0.2) is 21.7 Å². The van der Waals surface area contributed by atoms with Crippen molar-refractivity contribution in [3.05, 3.63) is 17.5 Å². The fourth-order valence-corrected chi connectivity index (χ4v) is 4.54. The van der Waals surface area contributed by atoms with Gasteiger partial charge in [-0.25, -0.2) is 8.42 Å². The Hall–Kier alpha value is -0.140. The molecule has 4 nitrogen and oxygen atoms in total. The number of nitrogens with one attached hydrogen (secondary N) is 1. The lowest BCUT2D eigenvalue weighted by molar-refractivity contribution is 0.299. The summed E-state index contributed by atoms with van der Waals surface area (Å²) in [6, 6.07) is 3.90. The highest BCUT2D eigenvalue weighted by Crippen LogP contribution is 2.23. The van der Waals surface area contributed by atoms with Crippen LogP contribution >= 0.6 is 23.7 Å². The Morgan fingerprint density at radius 3 is 2.53 bits per heavy atom. The molecule has 0 saturated carbocycles. The Balaban J connectivity index is 0.00000144. The number of nitrogens with zero attached hydrogens (tertiary/aromatic N) is 1. The van der Waals surface area contributed by atoms with Gasteiger partial charge in [0.1, 0.15) is 4.21 Å². The van der Waals surface area contributed by atoms with Crippen LogP contribution < -0.4 is 5.32 Å². The number of piperidine rings is 1. The normalized spacial score (nSPS) is 18.9. The maximum atomic E-state index is 12.2. The smallest absolute Gasteiger partial charge is 0.252 e. The first-order chi connectivity index (χ1) is 7.64. The van der Waals surface area contributed by atoms with Gasteiger partial charge in [-0.1, -0.05) is 6.07 Å². The van der Waals surface area contributed by atoms with Crippen molar-refractivity contribution >= 4 is 33.8 Å². The Morgan fingerprint density at radius 2 is 2.06 bits per heavy atom. The minimum Gasteiger partial charge on any atom is -0.317 e. The zero-order valence-electron chi connectivity index (χ0n) is 9.63. The average molecular weight is 297 g/mol. The van der Waals surface area contributed by atoms with Crippen LogP contribution in [-0.4, -0.2) is 38.9 Å². The van der Waals surface area contributed by atoms with E-state index in [4.69, 9.17) is 0 Å².